The van der Waals surface area contributed by atoms with Crippen molar-refractivity contribution in [1.29, 1.82) is 0 Å². The molecule has 1 fully saturated rings. The Balaban J connectivity index is 2.07. The highest BCUT2D eigenvalue weighted by molar-refractivity contribution is 5.48. The van der Waals surface area contributed by atoms with Crippen LogP contribution in [0.1, 0.15) is 30.9 Å². The zero-order chi connectivity index (χ0) is 11.5. The lowest BCUT2D eigenvalue weighted by atomic mass is 9.99. The van der Waals surface area contributed by atoms with E-state index in [0.29, 0.717) is 23.7 Å². The van der Waals surface area contributed by atoms with Crippen LogP contribution >= 0.6 is 0 Å². The molecule has 1 aromatic carbocycles. The van der Waals surface area contributed by atoms with Crippen LogP contribution in [0.15, 0.2) is 18.2 Å². The van der Waals surface area contributed by atoms with Gasteiger partial charge in [-0.2, -0.15) is 0 Å². The van der Waals surface area contributed by atoms with E-state index in [2.05, 4.69) is 5.32 Å². The molecule has 0 spiro atoms. The van der Waals surface area contributed by atoms with E-state index in [1.165, 1.54) is 18.2 Å². The zero-order valence-electron chi connectivity index (χ0n) is 9.12. The number of hydrogen-bond donors (Lipinski definition) is 3. The summed E-state index contributed by atoms with van der Waals surface area (Å²) in [5, 5.41) is 13.3. The van der Waals surface area contributed by atoms with E-state index in [1.54, 1.807) is 0 Å². The average Bonchev–Trinajstić information content (AvgIpc) is 2.74. The van der Waals surface area contributed by atoms with Gasteiger partial charge in [0.05, 0.1) is 6.10 Å². The summed E-state index contributed by atoms with van der Waals surface area (Å²) in [6.45, 7) is 0.996. The topological polar surface area (TPSA) is 58.3 Å². The van der Waals surface area contributed by atoms with Gasteiger partial charge in [0.15, 0.2) is 0 Å². The number of benzene rings is 1. The van der Waals surface area contributed by atoms with Crippen LogP contribution < -0.4 is 11.1 Å². The van der Waals surface area contributed by atoms with Crippen molar-refractivity contribution in [2.45, 2.75) is 31.4 Å². The average molecular weight is 224 g/mol. The third-order valence-corrected chi connectivity index (χ3v) is 3.08. The van der Waals surface area contributed by atoms with Crippen LogP contribution in [0.4, 0.5) is 10.1 Å². The largest absolute Gasteiger partial charge is 0.398 e. The van der Waals surface area contributed by atoms with Crippen LogP contribution in [0.3, 0.4) is 0 Å². The van der Waals surface area contributed by atoms with Gasteiger partial charge in [-0.25, -0.2) is 4.39 Å². The second kappa shape index (κ2) is 4.80. The third-order valence-electron chi connectivity index (χ3n) is 3.08. The number of hydrogen-bond acceptors (Lipinski definition) is 3. The number of nitrogen functional groups attached to an aromatic ring is 1. The third kappa shape index (κ3) is 2.51. The molecule has 2 rings (SSSR count). The molecule has 2 atom stereocenters. The molecule has 0 radical (unpaired) electrons. The fraction of sp³-hybridized carbons (Fsp3) is 0.500. The van der Waals surface area contributed by atoms with Gasteiger partial charge in [0.2, 0.25) is 0 Å². The summed E-state index contributed by atoms with van der Waals surface area (Å²) in [6, 6.07) is 4.43. The summed E-state index contributed by atoms with van der Waals surface area (Å²) >= 11 is 0. The summed E-state index contributed by atoms with van der Waals surface area (Å²) < 4.78 is 13.0. The van der Waals surface area contributed by atoms with Crippen LogP contribution in [-0.2, 0) is 0 Å². The Morgan fingerprint density at radius 2 is 2.38 bits per heavy atom. The van der Waals surface area contributed by atoms with Gasteiger partial charge in [-0.15, -0.1) is 0 Å². The molecule has 1 aliphatic heterocycles. The lowest BCUT2D eigenvalue weighted by molar-refractivity contribution is 0.155. The number of nitrogens with two attached hydrogens (primary N) is 1. The van der Waals surface area contributed by atoms with Gasteiger partial charge in [-0.05, 0) is 44.0 Å². The second-order valence-corrected chi connectivity index (χ2v) is 4.32. The van der Waals surface area contributed by atoms with Crippen LogP contribution in [-0.4, -0.2) is 17.7 Å². The first-order valence-electron chi connectivity index (χ1n) is 5.63. The van der Waals surface area contributed by atoms with Gasteiger partial charge >= 0.3 is 0 Å². The summed E-state index contributed by atoms with van der Waals surface area (Å²) in [7, 11) is 0. The number of rotatable bonds is 3. The summed E-state index contributed by atoms with van der Waals surface area (Å²) in [5.41, 5.74) is 6.66. The number of halogens is 1. The second-order valence-electron chi connectivity index (χ2n) is 4.32. The van der Waals surface area contributed by atoms with Gasteiger partial charge in [0.25, 0.3) is 0 Å². The number of aliphatic hydroxyl groups is 1. The van der Waals surface area contributed by atoms with Crippen LogP contribution in [0.25, 0.3) is 0 Å². The molecular weight excluding hydrogens is 207 g/mol. The normalized spacial score (nSPS) is 22.2. The van der Waals surface area contributed by atoms with Crippen molar-refractivity contribution in [3.05, 3.63) is 29.6 Å². The smallest absolute Gasteiger partial charge is 0.123 e. The Labute approximate surface area is 94.5 Å². The molecule has 0 bridgehead atoms. The highest BCUT2D eigenvalue weighted by atomic mass is 19.1. The fourth-order valence-corrected chi connectivity index (χ4v) is 2.19. The van der Waals surface area contributed by atoms with Gasteiger partial charge in [0, 0.05) is 17.3 Å². The van der Waals surface area contributed by atoms with E-state index >= 15 is 0 Å². The highest BCUT2D eigenvalue weighted by Crippen LogP contribution is 2.26. The van der Waals surface area contributed by atoms with Gasteiger partial charge in [-0.1, -0.05) is 0 Å². The molecule has 0 aromatic heterocycles. The Bertz CT molecular complexity index is 364. The van der Waals surface area contributed by atoms with Crippen LogP contribution in [0.2, 0.25) is 0 Å². The minimum Gasteiger partial charge on any atom is -0.398 e. The van der Waals surface area contributed by atoms with Crippen molar-refractivity contribution in [3.63, 3.8) is 0 Å². The van der Waals surface area contributed by atoms with Crippen LogP contribution in [0.5, 0.6) is 0 Å². The minimum absolute atomic E-state index is 0.317. The van der Waals surface area contributed by atoms with Crippen LogP contribution in [0, 0.1) is 5.82 Å². The number of anilines is 1. The van der Waals surface area contributed by atoms with E-state index in [4.69, 9.17) is 5.73 Å². The summed E-state index contributed by atoms with van der Waals surface area (Å²) in [6.07, 6.45) is 2.10. The number of nitrogens with one attached hydrogen (secondary N) is 1. The van der Waals surface area contributed by atoms with Gasteiger partial charge in [-0.3, -0.25) is 0 Å². The molecule has 1 saturated heterocycles. The molecule has 2 unspecified atom stereocenters. The first-order valence-corrected chi connectivity index (χ1v) is 5.63. The Morgan fingerprint density at radius 1 is 1.56 bits per heavy atom. The summed E-state index contributed by atoms with van der Waals surface area (Å²) in [4.78, 5) is 0. The quantitative estimate of drug-likeness (QED) is 0.683. The van der Waals surface area contributed by atoms with E-state index in [9.17, 15) is 9.50 Å². The minimum atomic E-state index is -0.689. The molecule has 1 heterocycles. The first kappa shape index (κ1) is 11.4. The SMILES string of the molecule is Nc1ccc(F)cc1C(O)CC1CCCN1. The zero-order valence-corrected chi connectivity index (χ0v) is 9.12. The molecule has 1 aromatic rings. The maximum Gasteiger partial charge on any atom is 0.123 e. The summed E-state index contributed by atoms with van der Waals surface area (Å²) in [5.74, 6) is -0.359. The van der Waals surface area contributed by atoms with E-state index < -0.39 is 6.10 Å². The Morgan fingerprint density at radius 3 is 3.06 bits per heavy atom. The molecule has 16 heavy (non-hydrogen) atoms. The van der Waals surface area contributed by atoms with E-state index in [-0.39, 0.29) is 5.82 Å². The first-order chi connectivity index (χ1) is 7.66. The van der Waals surface area contributed by atoms with Crippen molar-refractivity contribution in [3.8, 4) is 0 Å². The molecule has 1 aliphatic rings. The maximum absolute atomic E-state index is 13.0. The molecule has 4 heteroatoms. The molecule has 0 saturated carbocycles. The van der Waals surface area contributed by atoms with E-state index in [0.717, 1.165) is 19.4 Å². The van der Waals surface area contributed by atoms with Crippen molar-refractivity contribution < 1.29 is 9.50 Å². The van der Waals surface area contributed by atoms with Crippen molar-refractivity contribution in [2.75, 3.05) is 12.3 Å². The number of aliphatic hydroxyl groups excluding tert-OH is 1. The molecule has 0 amide bonds. The molecular formula is C12H17FN2O. The Hall–Kier alpha value is -1.13. The van der Waals surface area contributed by atoms with Crippen molar-refractivity contribution >= 4 is 5.69 Å². The maximum atomic E-state index is 13.0. The molecule has 88 valence electrons. The molecule has 3 nitrogen and oxygen atoms in total. The molecule has 4 N–H and O–H groups in total. The standard InChI is InChI=1S/C12H17FN2O/c13-8-3-4-11(14)10(6-8)12(16)7-9-2-1-5-15-9/h3-4,6,9,12,15-16H,1-2,5,7,14H2. The van der Waals surface area contributed by atoms with E-state index in [1.807, 2.05) is 0 Å². The predicted molar refractivity (Wildman–Crippen MR) is 61.4 cm³/mol. The lowest BCUT2D eigenvalue weighted by Gasteiger charge is -2.17. The van der Waals surface area contributed by atoms with Gasteiger partial charge in [0.1, 0.15) is 5.82 Å². The van der Waals surface area contributed by atoms with Crippen molar-refractivity contribution in [2.24, 2.45) is 0 Å². The molecule has 0 aliphatic carbocycles. The lowest BCUT2D eigenvalue weighted by Crippen LogP contribution is -2.24. The van der Waals surface area contributed by atoms with Gasteiger partial charge < -0.3 is 16.2 Å². The van der Waals surface area contributed by atoms with Crippen molar-refractivity contribution in [1.82, 2.24) is 5.32 Å². The highest BCUT2D eigenvalue weighted by Gasteiger charge is 2.20. The Kier molecular flexibility index (Phi) is 3.41. The monoisotopic (exact) mass is 224 g/mol. The predicted octanol–water partition coefficient (Wildman–Crippen LogP) is 1.58. The fourth-order valence-electron chi connectivity index (χ4n) is 2.19.